The summed E-state index contributed by atoms with van der Waals surface area (Å²) < 4.78 is 67.4. The molecule has 0 aromatic carbocycles. The van der Waals surface area contributed by atoms with Crippen LogP contribution in [0.15, 0.2) is 0 Å². The first-order chi connectivity index (χ1) is 5.21. The lowest BCUT2D eigenvalue weighted by atomic mass is 10.7. The standard InChI is InChI=1S/C4H5F6NO/c5-3(6,7)1-11-12-2-4(8,9)10/h11H,1-2H2. The van der Waals surface area contributed by atoms with Crippen LogP contribution in [0, 0.1) is 0 Å². The Bertz CT molecular complexity index is 112. The van der Waals surface area contributed by atoms with Crippen LogP contribution in [0.3, 0.4) is 0 Å². The van der Waals surface area contributed by atoms with Crippen LogP contribution in [-0.2, 0) is 4.84 Å². The van der Waals surface area contributed by atoms with Gasteiger partial charge in [-0.3, -0.25) is 4.84 Å². The van der Waals surface area contributed by atoms with Crippen molar-refractivity contribution >= 4 is 0 Å². The van der Waals surface area contributed by atoms with Gasteiger partial charge >= 0.3 is 12.4 Å². The number of hydroxylamine groups is 1. The van der Waals surface area contributed by atoms with Crippen molar-refractivity contribution in [2.45, 2.75) is 12.4 Å². The minimum Gasteiger partial charge on any atom is -0.292 e. The maximum atomic E-state index is 11.3. The predicted molar refractivity (Wildman–Crippen MR) is 26.1 cm³/mol. The summed E-state index contributed by atoms with van der Waals surface area (Å²) in [5, 5.41) is 0. The minimum atomic E-state index is -4.63. The molecule has 0 rings (SSSR count). The van der Waals surface area contributed by atoms with E-state index in [0.717, 1.165) is 5.48 Å². The molecule has 0 fully saturated rings. The quantitative estimate of drug-likeness (QED) is 0.421. The van der Waals surface area contributed by atoms with Crippen molar-refractivity contribution in [3.63, 3.8) is 0 Å². The SMILES string of the molecule is FC(F)(F)CNOCC(F)(F)F. The first kappa shape index (κ1) is 11.5. The lowest BCUT2D eigenvalue weighted by Crippen LogP contribution is -2.32. The molecule has 0 saturated heterocycles. The highest BCUT2D eigenvalue weighted by molar-refractivity contribution is 4.49. The predicted octanol–water partition coefficient (Wildman–Crippen LogP) is 1.63. The molecule has 0 heterocycles. The summed E-state index contributed by atoms with van der Waals surface area (Å²) >= 11 is 0. The van der Waals surface area contributed by atoms with Crippen LogP contribution in [0.1, 0.15) is 0 Å². The number of alkyl halides is 6. The summed E-state index contributed by atoms with van der Waals surface area (Å²) in [5.74, 6) is 0. The Morgan fingerprint density at radius 1 is 0.917 bits per heavy atom. The van der Waals surface area contributed by atoms with Gasteiger partial charge in [0.15, 0.2) is 6.61 Å². The monoisotopic (exact) mass is 197 g/mol. The van der Waals surface area contributed by atoms with Crippen LogP contribution in [0.5, 0.6) is 0 Å². The molecule has 0 spiro atoms. The van der Waals surface area contributed by atoms with Gasteiger partial charge in [-0.2, -0.15) is 31.8 Å². The first-order valence-corrected chi connectivity index (χ1v) is 2.69. The van der Waals surface area contributed by atoms with E-state index in [4.69, 9.17) is 0 Å². The summed E-state index contributed by atoms with van der Waals surface area (Å²) in [7, 11) is 0. The summed E-state index contributed by atoms with van der Waals surface area (Å²) in [6.45, 7) is -3.35. The van der Waals surface area contributed by atoms with Gasteiger partial charge in [-0.1, -0.05) is 0 Å². The van der Waals surface area contributed by atoms with Crippen molar-refractivity contribution in [2.24, 2.45) is 0 Å². The molecule has 74 valence electrons. The molecule has 0 amide bonds. The highest BCUT2D eigenvalue weighted by atomic mass is 19.4. The molecule has 12 heavy (non-hydrogen) atoms. The number of nitrogens with one attached hydrogen (secondary N) is 1. The molecular formula is C4H5F6NO. The molecule has 0 aliphatic heterocycles. The van der Waals surface area contributed by atoms with Gasteiger partial charge in [-0.25, -0.2) is 0 Å². The van der Waals surface area contributed by atoms with E-state index >= 15 is 0 Å². The Labute approximate surface area is 63.4 Å². The van der Waals surface area contributed by atoms with E-state index < -0.39 is 25.5 Å². The average Bonchev–Trinajstić information content (AvgIpc) is 1.76. The minimum absolute atomic E-state index is 1.14. The van der Waals surface area contributed by atoms with Gasteiger partial charge in [0.05, 0.1) is 0 Å². The average molecular weight is 197 g/mol. The normalized spacial score (nSPS) is 13.5. The van der Waals surface area contributed by atoms with Crippen LogP contribution < -0.4 is 5.48 Å². The van der Waals surface area contributed by atoms with Crippen LogP contribution in [0.4, 0.5) is 26.3 Å². The number of hydrogen-bond acceptors (Lipinski definition) is 2. The molecule has 8 heteroatoms. The van der Waals surface area contributed by atoms with Crippen LogP contribution in [0.25, 0.3) is 0 Å². The number of halogens is 6. The molecule has 0 aliphatic rings. The zero-order valence-electron chi connectivity index (χ0n) is 5.59. The molecule has 0 atom stereocenters. The van der Waals surface area contributed by atoms with Gasteiger partial charge in [0, 0.05) is 0 Å². The molecule has 0 aromatic rings. The van der Waals surface area contributed by atoms with E-state index in [1.165, 1.54) is 0 Å². The molecule has 1 N–H and O–H groups in total. The van der Waals surface area contributed by atoms with Gasteiger partial charge in [-0.15, -0.1) is 0 Å². The van der Waals surface area contributed by atoms with Crippen LogP contribution >= 0.6 is 0 Å². The van der Waals surface area contributed by atoms with Crippen LogP contribution in [0.2, 0.25) is 0 Å². The molecule has 0 aromatic heterocycles. The number of rotatable bonds is 3. The second-order valence-corrected chi connectivity index (χ2v) is 1.84. The highest BCUT2D eigenvalue weighted by Gasteiger charge is 2.30. The molecule has 0 radical (unpaired) electrons. The fraction of sp³-hybridized carbons (Fsp3) is 1.00. The van der Waals surface area contributed by atoms with E-state index in [1.807, 2.05) is 0 Å². The van der Waals surface area contributed by atoms with Gasteiger partial charge in [0.1, 0.15) is 6.54 Å². The Morgan fingerprint density at radius 3 is 1.75 bits per heavy atom. The summed E-state index contributed by atoms with van der Waals surface area (Å²) in [6.07, 6.45) is -9.20. The van der Waals surface area contributed by atoms with Crippen molar-refractivity contribution in [3.05, 3.63) is 0 Å². The molecule has 2 nitrogen and oxygen atoms in total. The van der Waals surface area contributed by atoms with Gasteiger partial charge in [0.2, 0.25) is 0 Å². The summed E-state index contributed by atoms with van der Waals surface area (Å²) in [4.78, 5) is 3.48. The van der Waals surface area contributed by atoms with E-state index in [1.54, 1.807) is 0 Å². The highest BCUT2D eigenvalue weighted by Crippen LogP contribution is 2.15. The smallest absolute Gasteiger partial charge is 0.292 e. The van der Waals surface area contributed by atoms with Crippen molar-refractivity contribution in [3.8, 4) is 0 Å². The van der Waals surface area contributed by atoms with Gasteiger partial charge in [0.25, 0.3) is 0 Å². The topological polar surface area (TPSA) is 21.3 Å². The maximum absolute atomic E-state index is 11.3. The van der Waals surface area contributed by atoms with Gasteiger partial charge in [-0.05, 0) is 0 Å². The van der Waals surface area contributed by atoms with Gasteiger partial charge < -0.3 is 0 Å². The van der Waals surface area contributed by atoms with Crippen molar-refractivity contribution < 1.29 is 31.2 Å². The van der Waals surface area contributed by atoms with E-state index in [-0.39, 0.29) is 0 Å². The van der Waals surface area contributed by atoms with E-state index in [9.17, 15) is 26.3 Å². The lowest BCUT2D eigenvalue weighted by molar-refractivity contribution is -0.206. The Morgan fingerprint density at radius 2 is 1.42 bits per heavy atom. The Balaban J connectivity index is 3.35. The Hall–Kier alpha value is -0.500. The fourth-order valence-corrected chi connectivity index (χ4v) is 0.266. The molecular weight excluding hydrogens is 192 g/mol. The summed E-state index contributed by atoms with van der Waals surface area (Å²) in [6, 6.07) is 0. The molecule has 0 saturated carbocycles. The van der Waals surface area contributed by atoms with E-state index in [2.05, 4.69) is 4.84 Å². The lowest BCUT2D eigenvalue weighted by Gasteiger charge is -2.09. The maximum Gasteiger partial charge on any atom is 0.413 e. The summed E-state index contributed by atoms with van der Waals surface area (Å²) in [5.41, 5.74) is 1.14. The largest absolute Gasteiger partial charge is 0.413 e. The third kappa shape index (κ3) is 9.50. The zero-order valence-corrected chi connectivity index (χ0v) is 5.59. The Kier molecular flexibility index (Phi) is 3.78. The third-order valence-electron chi connectivity index (χ3n) is 0.611. The fourth-order valence-electron chi connectivity index (χ4n) is 0.266. The molecule has 0 bridgehead atoms. The molecule has 0 unspecified atom stereocenters. The number of hydrogen-bond donors (Lipinski definition) is 1. The van der Waals surface area contributed by atoms with Crippen molar-refractivity contribution in [2.75, 3.05) is 13.2 Å². The van der Waals surface area contributed by atoms with Crippen molar-refractivity contribution in [1.82, 2.24) is 5.48 Å². The molecule has 0 aliphatic carbocycles. The van der Waals surface area contributed by atoms with Crippen LogP contribution in [-0.4, -0.2) is 25.5 Å². The van der Waals surface area contributed by atoms with Crippen molar-refractivity contribution in [1.29, 1.82) is 0 Å². The van der Waals surface area contributed by atoms with E-state index in [0.29, 0.717) is 0 Å². The second kappa shape index (κ2) is 3.94. The third-order valence-corrected chi connectivity index (χ3v) is 0.611. The first-order valence-electron chi connectivity index (χ1n) is 2.69. The second-order valence-electron chi connectivity index (χ2n) is 1.84. The zero-order chi connectivity index (χ0) is 9.83.